The minimum Gasteiger partial charge on any atom is -0.493 e. The summed E-state index contributed by atoms with van der Waals surface area (Å²) in [5.41, 5.74) is 1.79. The molecule has 0 fully saturated rings. The molecule has 1 aromatic heterocycles. The second-order valence-corrected chi connectivity index (χ2v) is 5.51. The number of nitrogens with one attached hydrogen (secondary N) is 1. The fourth-order valence-corrected chi connectivity index (χ4v) is 2.54. The van der Waals surface area contributed by atoms with Crippen LogP contribution >= 0.6 is 0 Å². The average molecular weight is 309 g/mol. The van der Waals surface area contributed by atoms with Crippen molar-refractivity contribution in [2.75, 3.05) is 13.7 Å². The van der Waals surface area contributed by atoms with E-state index in [4.69, 9.17) is 9.15 Å². The molecule has 1 atom stereocenters. The Kier molecular flexibility index (Phi) is 4.33. The van der Waals surface area contributed by atoms with Crippen molar-refractivity contribution >= 4 is 16.9 Å². The molecule has 0 radical (unpaired) electrons. The number of carbonyl (C=O) groups is 1. The molecular weight excluding hydrogens is 290 g/mol. The van der Waals surface area contributed by atoms with Gasteiger partial charge in [0.15, 0.2) is 17.1 Å². The molecule has 3 aromatic rings. The molecule has 0 saturated carbocycles. The summed E-state index contributed by atoms with van der Waals surface area (Å²) in [6.07, 6.45) is 0. The fourth-order valence-electron chi connectivity index (χ4n) is 2.54. The van der Waals surface area contributed by atoms with E-state index < -0.39 is 0 Å². The summed E-state index contributed by atoms with van der Waals surface area (Å²) in [6.45, 7) is 2.63. The quantitative estimate of drug-likeness (QED) is 0.775. The van der Waals surface area contributed by atoms with Crippen LogP contribution in [0.5, 0.6) is 5.75 Å². The van der Waals surface area contributed by atoms with Crippen molar-refractivity contribution in [1.82, 2.24) is 5.32 Å². The first-order chi connectivity index (χ1) is 11.2. The molecule has 0 aliphatic heterocycles. The lowest BCUT2D eigenvalue weighted by Crippen LogP contribution is -2.27. The lowest BCUT2D eigenvalue weighted by atomic mass is 10.0. The predicted octanol–water partition coefficient (Wildman–Crippen LogP) is 3.97. The van der Waals surface area contributed by atoms with Gasteiger partial charge in [0, 0.05) is 11.9 Å². The van der Waals surface area contributed by atoms with E-state index in [0.717, 1.165) is 5.39 Å². The lowest BCUT2D eigenvalue weighted by molar-refractivity contribution is 0.0926. The maximum Gasteiger partial charge on any atom is 0.287 e. The predicted molar refractivity (Wildman–Crippen MR) is 90.0 cm³/mol. The number of fused-ring (bicyclic) bond motifs is 1. The van der Waals surface area contributed by atoms with Gasteiger partial charge in [0.25, 0.3) is 5.91 Å². The van der Waals surface area contributed by atoms with Crippen molar-refractivity contribution in [3.63, 3.8) is 0 Å². The zero-order valence-electron chi connectivity index (χ0n) is 13.2. The van der Waals surface area contributed by atoms with Gasteiger partial charge in [-0.3, -0.25) is 4.79 Å². The van der Waals surface area contributed by atoms with E-state index >= 15 is 0 Å². The number of para-hydroxylation sites is 1. The smallest absolute Gasteiger partial charge is 0.287 e. The van der Waals surface area contributed by atoms with Crippen LogP contribution in [0.15, 0.2) is 59.0 Å². The largest absolute Gasteiger partial charge is 0.493 e. The van der Waals surface area contributed by atoms with Crippen molar-refractivity contribution in [2.24, 2.45) is 0 Å². The molecule has 4 heteroatoms. The topological polar surface area (TPSA) is 51.5 Å². The van der Waals surface area contributed by atoms with E-state index in [1.165, 1.54) is 5.56 Å². The van der Waals surface area contributed by atoms with E-state index in [0.29, 0.717) is 23.6 Å². The van der Waals surface area contributed by atoms with Crippen LogP contribution in [0.4, 0.5) is 0 Å². The van der Waals surface area contributed by atoms with Crippen molar-refractivity contribution in [3.8, 4) is 5.75 Å². The second-order valence-electron chi connectivity index (χ2n) is 5.51. The highest BCUT2D eigenvalue weighted by atomic mass is 16.5. The van der Waals surface area contributed by atoms with Gasteiger partial charge in [0.1, 0.15) is 0 Å². The third kappa shape index (κ3) is 3.21. The van der Waals surface area contributed by atoms with Crippen LogP contribution in [0.3, 0.4) is 0 Å². The van der Waals surface area contributed by atoms with Gasteiger partial charge >= 0.3 is 0 Å². The minimum absolute atomic E-state index is 0.217. The van der Waals surface area contributed by atoms with Crippen LogP contribution in [-0.4, -0.2) is 19.6 Å². The Bertz CT molecular complexity index is 808. The third-order valence-electron chi connectivity index (χ3n) is 3.89. The Hall–Kier alpha value is -2.75. The van der Waals surface area contributed by atoms with Gasteiger partial charge in [-0.25, -0.2) is 0 Å². The summed E-state index contributed by atoms with van der Waals surface area (Å²) in [5, 5.41) is 3.77. The Labute approximate surface area is 135 Å². The Balaban J connectivity index is 1.71. The van der Waals surface area contributed by atoms with Crippen LogP contribution in [0.25, 0.3) is 11.0 Å². The molecule has 2 aromatic carbocycles. The maximum atomic E-state index is 12.3. The molecule has 0 spiro atoms. The SMILES string of the molecule is COc1cccc2cc(C(=O)NC[C@H](C)c3ccccc3)oc12. The highest BCUT2D eigenvalue weighted by molar-refractivity contribution is 5.97. The van der Waals surface area contributed by atoms with Crippen LogP contribution in [0.2, 0.25) is 0 Å². The number of benzene rings is 2. The number of hydrogen-bond acceptors (Lipinski definition) is 3. The second kappa shape index (κ2) is 6.57. The van der Waals surface area contributed by atoms with Gasteiger partial charge in [0.05, 0.1) is 7.11 Å². The first kappa shape index (κ1) is 15.2. The van der Waals surface area contributed by atoms with E-state index in [1.807, 2.05) is 36.4 Å². The molecule has 0 aliphatic carbocycles. The standard InChI is InChI=1S/C19H19NO3/c1-13(14-7-4-3-5-8-14)12-20-19(21)17-11-15-9-6-10-16(22-2)18(15)23-17/h3-11,13H,12H2,1-2H3,(H,20,21)/t13-/m0/s1. The molecule has 1 N–H and O–H groups in total. The maximum absolute atomic E-state index is 12.3. The van der Waals surface area contributed by atoms with Crippen LogP contribution < -0.4 is 10.1 Å². The van der Waals surface area contributed by atoms with E-state index in [9.17, 15) is 4.79 Å². The highest BCUT2D eigenvalue weighted by Crippen LogP contribution is 2.28. The molecule has 118 valence electrons. The van der Waals surface area contributed by atoms with Gasteiger partial charge in [-0.05, 0) is 23.6 Å². The van der Waals surface area contributed by atoms with Crippen molar-refractivity contribution in [3.05, 3.63) is 65.9 Å². The molecule has 1 amide bonds. The lowest BCUT2D eigenvalue weighted by Gasteiger charge is -2.12. The van der Waals surface area contributed by atoms with Gasteiger partial charge in [-0.1, -0.05) is 49.4 Å². The molecule has 0 unspecified atom stereocenters. The molecule has 4 nitrogen and oxygen atoms in total. The van der Waals surface area contributed by atoms with Gasteiger partial charge in [-0.2, -0.15) is 0 Å². The van der Waals surface area contributed by atoms with E-state index in [1.54, 1.807) is 13.2 Å². The van der Waals surface area contributed by atoms with Crippen LogP contribution in [0.1, 0.15) is 29.0 Å². The van der Waals surface area contributed by atoms with E-state index in [-0.39, 0.29) is 11.8 Å². The Morgan fingerprint density at radius 3 is 2.70 bits per heavy atom. The average Bonchev–Trinajstić information content (AvgIpc) is 3.04. The zero-order chi connectivity index (χ0) is 16.2. The molecular formula is C19H19NO3. The summed E-state index contributed by atoms with van der Waals surface area (Å²) >= 11 is 0. The monoisotopic (exact) mass is 309 g/mol. The summed E-state index contributed by atoms with van der Waals surface area (Å²) in [5.74, 6) is 0.939. The molecule has 0 bridgehead atoms. The van der Waals surface area contributed by atoms with Crippen molar-refractivity contribution < 1.29 is 13.9 Å². The van der Waals surface area contributed by atoms with Gasteiger partial charge < -0.3 is 14.5 Å². The fraction of sp³-hybridized carbons (Fsp3) is 0.211. The normalized spacial score (nSPS) is 12.1. The zero-order valence-corrected chi connectivity index (χ0v) is 13.2. The number of carbonyl (C=O) groups excluding carboxylic acids is 1. The number of rotatable bonds is 5. The van der Waals surface area contributed by atoms with Crippen LogP contribution in [-0.2, 0) is 0 Å². The first-order valence-corrected chi connectivity index (χ1v) is 7.58. The number of ether oxygens (including phenoxy) is 1. The van der Waals surface area contributed by atoms with E-state index in [2.05, 4.69) is 24.4 Å². The van der Waals surface area contributed by atoms with Crippen LogP contribution in [0, 0.1) is 0 Å². The number of methoxy groups -OCH3 is 1. The van der Waals surface area contributed by atoms with Gasteiger partial charge in [-0.15, -0.1) is 0 Å². The third-order valence-corrected chi connectivity index (χ3v) is 3.89. The number of amides is 1. The number of hydrogen-bond donors (Lipinski definition) is 1. The Morgan fingerprint density at radius 2 is 1.96 bits per heavy atom. The summed E-state index contributed by atoms with van der Waals surface area (Å²) < 4.78 is 10.9. The summed E-state index contributed by atoms with van der Waals surface area (Å²) in [7, 11) is 1.58. The highest BCUT2D eigenvalue weighted by Gasteiger charge is 2.15. The summed E-state index contributed by atoms with van der Waals surface area (Å²) in [6, 6.07) is 17.4. The minimum atomic E-state index is -0.217. The van der Waals surface area contributed by atoms with Crippen molar-refractivity contribution in [2.45, 2.75) is 12.8 Å². The first-order valence-electron chi connectivity index (χ1n) is 7.58. The molecule has 0 saturated heterocycles. The number of furan rings is 1. The molecule has 1 heterocycles. The molecule has 0 aliphatic rings. The molecule has 3 rings (SSSR count). The van der Waals surface area contributed by atoms with Gasteiger partial charge in [0.2, 0.25) is 0 Å². The Morgan fingerprint density at radius 1 is 1.17 bits per heavy atom. The van der Waals surface area contributed by atoms with Crippen molar-refractivity contribution in [1.29, 1.82) is 0 Å². The molecule has 23 heavy (non-hydrogen) atoms. The summed E-state index contributed by atoms with van der Waals surface area (Å²) in [4.78, 5) is 12.3.